The lowest BCUT2D eigenvalue weighted by Crippen LogP contribution is -2.32. The van der Waals surface area contributed by atoms with Crippen molar-refractivity contribution in [3.05, 3.63) is 36.2 Å². The molecule has 1 aromatic heterocycles. The van der Waals surface area contributed by atoms with Gasteiger partial charge in [0.25, 0.3) is 0 Å². The molecule has 7 nitrogen and oxygen atoms in total. The molecule has 1 heterocycles. The summed E-state index contributed by atoms with van der Waals surface area (Å²) in [6, 6.07) is 7.97. The Morgan fingerprint density at radius 2 is 2.30 bits per heavy atom. The lowest BCUT2D eigenvalue weighted by atomic mass is 10.1. The first kappa shape index (κ1) is 19.4. The number of hydrogen-bond donors (Lipinski definition) is 3. The Morgan fingerprint density at radius 1 is 1.43 bits per heavy atom. The van der Waals surface area contributed by atoms with Crippen LogP contribution in [-0.2, 0) is 11.3 Å². The van der Waals surface area contributed by atoms with Gasteiger partial charge in [-0.15, -0.1) is 24.0 Å². The van der Waals surface area contributed by atoms with Crippen molar-refractivity contribution < 1.29 is 4.74 Å². The largest absolute Gasteiger partial charge is 0.382 e. The summed E-state index contributed by atoms with van der Waals surface area (Å²) in [5.74, 6) is 1.19. The molecule has 0 aliphatic rings. The van der Waals surface area contributed by atoms with E-state index < -0.39 is 0 Å². The monoisotopic (exact) mass is 430 g/mol. The summed E-state index contributed by atoms with van der Waals surface area (Å²) < 4.78 is 5.26. The topological polar surface area (TPSA) is 101 Å². The quantitative estimate of drug-likeness (QED) is 0.257. The fourth-order valence-electron chi connectivity index (χ4n) is 1.93. The first-order chi connectivity index (χ1) is 10.8. The van der Waals surface area contributed by atoms with E-state index in [9.17, 15) is 0 Å². The summed E-state index contributed by atoms with van der Waals surface area (Å²) in [5.41, 5.74) is 7.88. The van der Waals surface area contributed by atoms with Crippen LogP contribution in [0.4, 0.5) is 0 Å². The maximum atomic E-state index is 5.84. The van der Waals surface area contributed by atoms with Crippen molar-refractivity contribution in [2.75, 3.05) is 19.8 Å². The first-order valence-electron chi connectivity index (χ1n) is 7.36. The predicted octanol–water partition coefficient (Wildman–Crippen LogP) is 1.92. The Hall–Kier alpha value is -1.68. The van der Waals surface area contributed by atoms with Crippen molar-refractivity contribution in [1.82, 2.24) is 20.5 Å². The van der Waals surface area contributed by atoms with E-state index in [-0.39, 0.29) is 24.0 Å². The van der Waals surface area contributed by atoms with E-state index in [1.807, 2.05) is 31.2 Å². The standard InChI is InChI=1S/C15H22N6O.HI/c1-2-22-8-4-7-17-15(16)18-10-12-5-3-6-13(9-12)14-19-11-20-21-14;/h3,5-6,9,11H,2,4,7-8,10H2,1H3,(H3,16,17,18)(H,19,20,21);1H. The zero-order valence-electron chi connectivity index (χ0n) is 13.2. The van der Waals surface area contributed by atoms with E-state index in [4.69, 9.17) is 10.5 Å². The minimum atomic E-state index is 0. The number of benzene rings is 1. The molecule has 0 fully saturated rings. The van der Waals surface area contributed by atoms with Crippen molar-refractivity contribution >= 4 is 29.9 Å². The molecule has 8 heteroatoms. The number of ether oxygens (including phenoxy) is 1. The van der Waals surface area contributed by atoms with Gasteiger partial charge < -0.3 is 15.8 Å². The lowest BCUT2D eigenvalue weighted by Gasteiger charge is -2.06. The van der Waals surface area contributed by atoms with Crippen LogP contribution in [0.5, 0.6) is 0 Å². The average Bonchev–Trinajstić information content (AvgIpc) is 3.07. The smallest absolute Gasteiger partial charge is 0.188 e. The Bertz CT molecular complexity index is 587. The summed E-state index contributed by atoms with van der Waals surface area (Å²) >= 11 is 0. The molecule has 0 aliphatic heterocycles. The van der Waals surface area contributed by atoms with Crippen LogP contribution in [0.2, 0.25) is 0 Å². The van der Waals surface area contributed by atoms with Gasteiger partial charge in [0, 0.05) is 25.3 Å². The normalized spacial score (nSPS) is 11.1. The number of guanidine groups is 1. The molecular weight excluding hydrogens is 407 g/mol. The highest BCUT2D eigenvalue weighted by atomic mass is 127. The van der Waals surface area contributed by atoms with Crippen LogP contribution in [0, 0.1) is 0 Å². The molecule has 0 saturated carbocycles. The molecule has 0 amide bonds. The molecule has 0 unspecified atom stereocenters. The summed E-state index contributed by atoms with van der Waals surface area (Å²) in [4.78, 5) is 8.47. The van der Waals surface area contributed by atoms with Gasteiger partial charge in [-0.1, -0.05) is 18.2 Å². The highest BCUT2D eigenvalue weighted by Gasteiger charge is 2.01. The van der Waals surface area contributed by atoms with Crippen molar-refractivity contribution in [2.45, 2.75) is 19.9 Å². The molecule has 2 rings (SSSR count). The lowest BCUT2D eigenvalue weighted by molar-refractivity contribution is 0.145. The number of aromatic nitrogens is 3. The number of H-pyrrole nitrogens is 1. The van der Waals surface area contributed by atoms with Crippen LogP contribution in [0.15, 0.2) is 35.6 Å². The van der Waals surface area contributed by atoms with Gasteiger partial charge in [-0.05, 0) is 25.0 Å². The second-order valence-electron chi connectivity index (χ2n) is 4.71. The van der Waals surface area contributed by atoms with E-state index in [0.717, 1.165) is 43.1 Å². The van der Waals surface area contributed by atoms with Crippen LogP contribution in [0.1, 0.15) is 18.9 Å². The van der Waals surface area contributed by atoms with Gasteiger partial charge in [-0.3, -0.25) is 5.10 Å². The summed E-state index contributed by atoms with van der Waals surface area (Å²) in [5, 5.41) is 9.77. The van der Waals surface area contributed by atoms with Gasteiger partial charge in [0.05, 0.1) is 6.54 Å². The molecule has 0 radical (unpaired) electrons. The third-order valence-corrected chi connectivity index (χ3v) is 3.02. The number of aliphatic imine (C=N–C) groups is 1. The van der Waals surface area contributed by atoms with E-state index in [1.165, 1.54) is 6.33 Å². The van der Waals surface area contributed by atoms with Crippen molar-refractivity contribution in [3.8, 4) is 11.4 Å². The molecule has 0 spiro atoms. The van der Waals surface area contributed by atoms with E-state index in [0.29, 0.717) is 12.5 Å². The van der Waals surface area contributed by atoms with Gasteiger partial charge in [0.1, 0.15) is 6.33 Å². The SMILES string of the molecule is CCOCCCNC(N)=NCc1cccc(-c2ncn[nH]2)c1.I. The molecule has 1 aromatic carbocycles. The van der Waals surface area contributed by atoms with Crippen molar-refractivity contribution in [2.24, 2.45) is 10.7 Å². The highest BCUT2D eigenvalue weighted by Crippen LogP contribution is 2.15. The third kappa shape index (κ3) is 6.95. The average molecular weight is 430 g/mol. The number of halogens is 1. The number of hydrogen-bond acceptors (Lipinski definition) is 4. The minimum absolute atomic E-state index is 0. The summed E-state index contributed by atoms with van der Waals surface area (Å²) in [6.45, 7) is 4.73. The molecule has 2 aromatic rings. The number of aromatic amines is 1. The van der Waals surface area contributed by atoms with E-state index in [2.05, 4.69) is 25.5 Å². The molecule has 0 aliphatic carbocycles. The number of nitrogens with zero attached hydrogens (tertiary/aromatic N) is 3. The zero-order valence-corrected chi connectivity index (χ0v) is 15.5. The number of rotatable bonds is 8. The molecule has 126 valence electrons. The van der Waals surface area contributed by atoms with Crippen LogP contribution < -0.4 is 11.1 Å². The van der Waals surface area contributed by atoms with Gasteiger partial charge in [-0.25, -0.2) is 9.98 Å². The Morgan fingerprint density at radius 3 is 3.04 bits per heavy atom. The molecule has 23 heavy (non-hydrogen) atoms. The fraction of sp³-hybridized carbons (Fsp3) is 0.400. The highest BCUT2D eigenvalue weighted by molar-refractivity contribution is 14.0. The van der Waals surface area contributed by atoms with Gasteiger partial charge >= 0.3 is 0 Å². The molecule has 0 bridgehead atoms. The van der Waals surface area contributed by atoms with E-state index >= 15 is 0 Å². The zero-order chi connectivity index (χ0) is 15.6. The maximum Gasteiger partial charge on any atom is 0.188 e. The van der Waals surface area contributed by atoms with Crippen LogP contribution in [0.3, 0.4) is 0 Å². The van der Waals surface area contributed by atoms with Crippen LogP contribution in [-0.4, -0.2) is 40.9 Å². The van der Waals surface area contributed by atoms with Gasteiger partial charge in [0.15, 0.2) is 11.8 Å². The van der Waals surface area contributed by atoms with Crippen LogP contribution in [0.25, 0.3) is 11.4 Å². The Labute approximate surface area is 153 Å². The van der Waals surface area contributed by atoms with Crippen molar-refractivity contribution in [1.29, 1.82) is 0 Å². The molecule has 0 saturated heterocycles. The Balaban J connectivity index is 0.00000264. The Kier molecular flexibility index (Phi) is 9.22. The number of nitrogens with two attached hydrogens (primary N) is 1. The van der Waals surface area contributed by atoms with Gasteiger partial charge in [-0.2, -0.15) is 5.10 Å². The van der Waals surface area contributed by atoms with Crippen molar-refractivity contribution in [3.63, 3.8) is 0 Å². The summed E-state index contributed by atoms with van der Waals surface area (Å²) in [6.07, 6.45) is 2.40. The number of nitrogens with one attached hydrogen (secondary N) is 2. The second-order valence-corrected chi connectivity index (χ2v) is 4.71. The third-order valence-electron chi connectivity index (χ3n) is 3.02. The minimum Gasteiger partial charge on any atom is -0.382 e. The predicted molar refractivity (Wildman–Crippen MR) is 102 cm³/mol. The van der Waals surface area contributed by atoms with Gasteiger partial charge in [0.2, 0.25) is 0 Å². The molecule has 0 atom stereocenters. The first-order valence-corrected chi connectivity index (χ1v) is 7.36. The molecule has 4 N–H and O–H groups in total. The second kappa shape index (κ2) is 10.9. The maximum absolute atomic E-state index is 5.84. The molecular formula is C15H23IN6O. The fourth-order valence-corrected chi connectivity index (χ4v) is 1.93. The van der Waals surface area contributed by atoms with Crippen LogP contribution >= 0.6 is 24.0 Å². The summed E-state index contributed by atoms with van der Waals surface area (Å²) in [7, 11) is 0. The van der Waals surface area contributed by atoms with E-state index in [1.54, 1.807) is 0 Å².